The highest BCUT2D eigenvalue weighted by Crippen LogP contribution is 2.20. The highest BCUT2D eigenvalue weighted by molar-refractivity contribution is 5.53. The van der Waals surface area contributed by atoms with E-state index in [2.05, 4.69) is 40.8 Å². The lowest BCUT2D eigenvalue weighted by Gasteiger charge is -2.23. The lowest BCUT2D eigenvalue weighted by Crippen LogP contribution is -2.30. The van der Waals surface area contributed by atoms with Gasteiger partial charge < -0.3 is 10.1 Å². The fraction of sp³-hybridized carbons (Fsp3) is 0.500. The highest BCUT2D eigenvalue weighted by atomic mass is 16.5. The van der Waals surface area contributed by atoms with Gasteiger partial charge in [-0.3, -0.25) is 0 Å². The van der Waals surface area contributed by atoms with Crippen molar-refractivity contribution < 1.29 is 4.74 Å². The van der Waals surface area contributed by atoms with Crippen LogP contribution in [0.5, 0.6) is 0 Å². The SMILES string of the molecule is COCC(Nc1ccc(-n2cnnn2)c(C)c1)C(C)C. The van der Waals surface area contributed by atoms with Gasteiger partial charge in [-0.1, -0.05) is 13.8 Å². The first-order valence-corrected chi connectivity index (χ1v) is 6.71. The lowest BCUT2D eigenvalue weighted by atomic mass is 10.0. The highest BCUT2D eigenvalue weighted by Gasteiger charge is 2.13. The van der Waals surface area contributed by atoms with Gasteiger partial charge in [0.1, 0.15) is 6.33 Å². The average Bonchev–Trinajstić information content (AvgIpc) is 2.92. The molecule has 2 rings (SSSR count). The van der Waals surface area contributed by atoms with Gasteiger partial charge in [0.25, 0.3) is 0 Å². The predicted octanol–water partition coefficient (Wildman–Crippen LogP) is 2.05. The number of hydrogen-bond donors (Lipinski definition) is 1. The Morgan fingerprint density at radius 2 is 2.15 bits per heavy atom. The maximum absolute atomic E-state index is 5.26. The van der Waals surface area contributed by atoms with E-state index in [9.17, 15) is 0 Å². The molecule has 0 fully saturated rings. The molecule has 0 aliphatic carbocycles. The second-order valence-electron chi connectivity index (χ2n) is 5.21. The first kappa shape index (κ1) is 14.5. The zero-order valence-electron chi connectivity index (χ0n) is 12.4. The molecule has 0 saturated heterocycles. The number of ether oxygens (including phenoxy) is 1. The van der Waals surface area contributed by atoms with Gasteiger partial charge in [-0.15, -0.1) is 5.10 Å². The zero-order chi connectivity index (χ0) is 14.5. The molecule has 0 spiro atoms. The van der Waals surface area contributed by atoms with E-state index in [1.165, 1.54) is 0 Å². The van der Waals surface area contributed by atoms with Crippen LogP contribution in [0.2, 0.25) is 0 Å². The molecule has 0 aliphatic rings. The molecule has 1 N–H and O–H groups in total. The van der Waals surface area contributed by atoms with E-state index >= 15 is 0 Å². The Hall–Kier alpha value is -1.95. The summed E-state index contributed by atoms with van der Waals surface area (Å²) >= 11 is 0. The standard InChI is InChI=1S/C14H21N5O/c1-10(2)13(8-20-4)16-12-5-6-14(11(3)7-12)19-9-15-17-18-19/h5-7,9-10,13,16H,8H2,1-4H3. The number of nitrogens with one attached hydrogen (secondary N) is 1. The van der Waals surface area contributed by atoms with Crippen molar-refractivity contribution in [2.75, 3.05) is 19.0 Å². The van der Waals surface area contributed by atoms with Gasteiger partial charge in [0.15, 0.2) is 0 Å². The van der Waals surface area contributed by atoms with E-state index in [1.807, 2.05) is 19.1 Å². The average molecular weight is 275 g/mol. The Labute approximate surface area is 119 Å². The van der Waals surface area contributed by atoms with Crippen molar-refractivity contribution in [1.82, 2.24) is 20.2 Å². The topological polar surface area (TPSA) is 64.9 Å². The normalized spacial score (nSPS) is 12.7. The summed E-state index contributed by atoms with van der Waals surface area (Å²) in [7, 11) is 1.73. The van der Waals surface area contributed by atoms with Crippen molar-refractivity contribution in [3.8, 4) is 5.69 Å². The van der Waals surface area contributed by atoms with Crippen LogP contribution < -0.4 is 5.32 Å². The Morgan fingerprint density at radius 3 is 2.70 bits per heavy atom. The molecule has 1 aromatic heterocycles. The molecular formula is C14H21N5O. The van der Waals surface area contributed by atoms with Gasteiger partial charge in [0.2, 0.25) is 0 Å². The first-order valence-electron chi connectivity index (χ1n) is 6.71. The van der Waals surface area contributed by atoms with E-state index in [-0.39, 0.29) is 0 Å². The van der Waals surface area contributed by atoms with E-state index in [1.54, 1.807) is 18.1 Å². The molecule has 0 aliphatic heterocycles. The summed E-state index contributed by atoms with van der Waals surface area (Å²) in [6, 6.07) is 6.44. The van der Waals surface area contributed by atoms with Gasteiger partial charge in [0, 0.05) is 12.8 Å². The molecule has 2 aromatic rings. The van der Waals surface area contributed by atoms with Crippen LogP contribution in [-0.2, 0) is 4.74 Å². The van der Waals surface area contributed by atoms with Gasteiger partial charge in [0.05, 0.1) is 18.3 Å². The number of rotatable bonds is 6. The summed E-state index contributed by atoms with van der Waals surface area (Å²) in [6.07, 6.45) is 1.59. The molecule has 108 valence electrons. The number of aromatic nitrogens is 4. The third-order valence-corrected chi connectivity index (χ3v) is 3.30. The van der Waals surface area contributed by atoms with E-state index in [4.69, 9.17) is 4.74 Å². The first-order chi connectivity index (χ1) is 9.61. The minimum atomic E-state index is 0.290. The Morgan fingerprint density at radius 1 is 1.35 bits per heavy atom. The number of hydrogen-bond acceptors (Lipinski definition) is 5. The van der Waals surface area contributed by atoms with Crippen LogP contribution in [0, 0.1) is 12.8 Å². The molecule has 0 saturated carbocycles. The van der Waals surface area contributed by atoms with Crippen LogP contribution in [0.25, 0.3) is 5.69 Å². The third kappa shape index (κ3) is 3.33. The van der Waals surface area contributed by atoms with Gasteiger partial charge in [-0.2, -0.15) is 0 Å². The second-order valence-corrected chi connectivity index (χ2v) is 5.21. The van der Waals surface area contributed by atoms with Crippen LogP contribution in [-0.4, -0.2) is 40.0 Å². The van der Waals surface area contributed by atoms with E-state index in [0.717, 1.165) is 16.9 Å². The van der Waals surface area contributed by atoms with Gasteiger partial charge >= 0.3 is 0 Å². The van der Waals surface area contributed by atoms with Crippen molar-refractivity contribution in [2.45, 2.75) is 26.8 Å². The summed E-state index contributed by atoms with van der Waals surface area (Å²) in [5, 5.41) is 14.7. The van der Waals surface area contributed by atoms with Crippen molar-refractivity contribution in [3.05, 3.63) is 30.1 Å². The summed E-state index contributed by atoms with van der Waals surface area (Å²) in [6.45, 7) is 7.09. The zero-order valence-corrected chi connectivity index (χ0v) is 12.4. The number of anilines is 1. The fourth-order valence-corrected chi connectivity index (χ4v) is 2.07. The van der Waals surface area contributed by atoms with Crippen molar-refractivity contribution in [1.29, 1.82) is 0 Å². The minimum absolute atomic E-state index is 0.290. The Balaban J connectivity index is 2.16. The van der Waals surface area contributed by atoms with Crippen LogP contribution in [0.1, 0.15) is 19.4 Å². The number of aryl methyl sites for hydroxylation is 1. The molecule has 20 heavy (non-hydrogen) atoms. The van der Waals surface area contributed by atoms with Gasteiger partial charge in [-0.25, -0.2) is 4.68 Å². The number of methoxy groups -OCH3 is 1. The maximum atomic E-state index is 5.26. The molecule has 1 aromatic carbocycles. The van der Waals surface area contributed by atoms with Crippen LogP contribution in [0.4, 0.5) is 5.69 Å². The molecule has 6 nitrogen and oxygen atoms in total. The predicted molar refractivity (Wildman–Crippen MR) is 78.0 cm³/mol. The summed E-state index contributed by atoms with van der Waals surface area (Å²) in [5.41, 5.74) is 3.17. The molecule has 1 atom stereocenters. The Bertz CT molecular complexity index is 539. The lowest BCUT2D eigenvalue weighted by molar-refractivity contribution is 0.171. The molecule has 0 bridgehead atoms. The molecular weight excluding hydrogens is 254 g/mol. The summed E-state index contributed by atoms with van der Waals surface area (Å²) in [5.74, 6) is 0.495. The van der Waals surface area contributed by atoms with Crippen molar-refractivity contribution in [2.24, 2.45) is 5.92 Å². The second kappa shape index (κ2) is 6.47. The molecule has 1 unspecified atom stereocenters. The Kier molecular flexibility index (Phi) is 4.68. The van der Waals surface area contributed by atoms with Crippen LogP contribution >= 0.6 is 0 Å². The molecule has 1 heterocycles. The minimum Gasteiger partial charge on any atom is -0.383 e. The number of benzene rings is 1. The molecule has 0 amide bonds. The van der Waals surface area contributed by atoms with E-state index in [0.29, 0.717) is 18.6 Å². The largest absolute Gasteiger partial charge is 0.383 e. The van der Waals surface area contributed by atoms with Crippen LogP contribution in [0.15, 0.2) is 24.5 Å². The third-order valence-electron chi connectivity index (χ3n) is 3.30. The summed E-state index contributed by atoms with van der Waals surface area (Å²) < 4.78 is 6.92. The maximum Gasteiger partial charge on any atom is 0.143 e. The summed E-state index contributed by atoms with van der Waals surface area (Å²) in [4.78, 5) is 0. The van der Waals surface area contributed by atoms with Crippen molar-refractivity contribution >= 4 is 5.69 Å². The smallest absolute Gasteiger partial charge is 0.143 e. The number of nitrogens with zero attached hydrogens (tertiary/aromatic N) is 4. The quantitative estimate of drug-likeness (QED) is 0.874. The van der Waals surface area contributed by atoms with Gasteiger partial charge in [-0.05, 0) is 47.0 Å². The molecule has 6 heteroatoms. The van der Waals surface area contributed by atoms with Crippen LogP contribution in [0.3, 0.4) is 0 Å². The van der Waals surface area contributed by atoms with E-state index < -0.39 is 0 Å². The van der Waals surface area contributed by atoms with Crippen molar-refractivity contribution in [3.63, 3.8) is 0 Å². The molecule has 0 radical (unpaired) electrons. The fourth-order valence-electron chi connectivity index (χ4n) is 2.07. The number of tetrazole rings is 1. The monoisotopic (exact) mass is 275 g/mol.